The van der Waals surface area contributed by atoms with Crippen molar-refractivity contribution in [3.8, 4) is 11.3 Å². The van der Waals surface area contributed by atoms with Crippen LogP contribution in [0.4, 0.5) is 22.1 Å². The summed E-state index contributed by atoms with van der Waals surface area (Å²) >= 11 is 0. The number of rotatable bonds is 6. The Morgan fingerprint density at radius 1 is 0.848 bits per heavy atom. The van der Waals surface area contributed by atoms with Gasteiger partial charge in [-0.15, -0.1) is 10.2 Å². The molecule has 2 aromatic heterocycles. The predicted octanol–water partition coefficient (Wildman–Crippen LogP) is 4.12. The van der Waals surface area contributed by atoms with E-state index in [1.807, 2.05) is 30.3 Å². The number of para-hydroxylation sites is 1. The van der Waals surface area contributed by atoms with Crippen LogP contribution in [0.5, 0.6) is 0 Å². The van der Waals surface area contributed by atoms with Gasteiger partial charge in [-0.3, -0.25) is 5.32 Å². The lowest BCUT2D eigenvalue weighted by Crippen LogP contribution is -2.21. The molecule has 0 saturated heterocycles. The van der Waals surface area contributed by atoms with Gasteiger partial charge in [-0.25, -0.2) is 14.6 Å². The van der Waals surface area contributed by atoms with E-state index in [0.717, 1.165) is 5.56 Å². The zero-order valence-electron chi connectivity index (χ0n) is 17.4. The number of hydrogen-bond acceptors (Lipinski definition) is 7. The van der Waals surface area contributed by atoms with Crippen molar-refractivity contribution in [1.29, 1.82) is 0 Å². The standard InChI is InChI=1S/C24H20N6O3/c25-21-12-10-17(14-26-21)23(31)33-15-18-8-4-5-9-19(18)27-24(32)28-22-13-11-20(29-30-22)16-6-2-1-3-7-16/h1-14H,15H2,(H2,25,26)(H2,27,28,30,32). The van der Waals surface area contributed by atoms with Gasteiger partial charge in [0.05, 0.1) is 11.3 Å². The van der Waals surface area contributed by atoms with E-state index in [2.05, 4.69) is 25.8 Å². The number of benzene rings is 2. The number of pyridine rings is 1. The van der Waals surface area contributed by atoms with E-state index >= 15 is 0 Å². The number of nitrogens with zero attached hydrogens (tertiary/aromatic N) is 3. The van der Waals surface area contributed by atoms with Gasteiger partial charge in [0.1, 0.15) is 12.4 Å². The molecule has 2 aromatic carbocycles. The molecule has 0 aliphatic carbocycles. The van der Waals surface area contributed by atoms with E-state index in [0.29, 0.717) is 28.6 Å². The summed E-state index contributed by atoms with van der Waals surface area (Å²) in [5.74, 6) is 0.0639. The molecule has 4 N–H and O–H groups in total. The maximum atomic E-state index is 12.5. The highest BCUT2D eigenvalue weighted by molar-refractivity contribution is 5.99. The van der Waals surface area contributed by atoms with Crippen molar-refractivity contribution in [2.24, 2.45) is 0 Å². The average molecular weight is 440 g/mol. The first kappa shape index (κ1) is 21.4. The first-order valence-corrected chi connectivity index (χ1v) is 10.0. The molecular formula is C24H20N6O3. The summed E-state index contributed by atoms with van der Waals surface area (Å²) in [6.45, 7) is -0.0365. The number of carbonyl (C=O) groups is 2. The van der Waals surface area contributed by atoms with Crippen molar-refractivity contribution in [2.75, 3.05) is 16.4 Å². The Balaban J connectivity index is 1.36. The van der Waals surface area contributed by atoms with E-state index in [9.17, 15) is 9.59 Å². The third-order valence-electron chi connectivity index (χ3n) is 4.62. The zero-order chi connectivity index (χ0) is 23.0. The molecule has 2 amide bonds. The van der Waals surface area contributed by atoms with Crippen LogP contribution in [0.15, 0.2) is 85.1 Å². The van der Waals surface area contributed by atoms with Crippen molar-refractivity contribution in [2.45, 2.75) is 6.61 Å². The summed E-state index contributed by atoms with van der Waals surface area (Å²) in [5, 5.41) is 13.6. The first-order valence-electron chi connectivity index (χ1n) is 10.0. The Hall–Kier alpha value is -4.79. The highest BCUT2D eigenvalue weighted by atomic mass is 16.5. The molecule has 0 spiro atoms. The van der Waals surface area contributed by atoms with Gasteiger partial charge in [0.25, 0.3) is 0 Å². The molecule has 4 rings (SSSR count). The molecule has 0 aliphatic heterocycles. The third kappa shape index (κ3) is 5.67. The lowest BCUT2D eigenvalue weighted by Gasteiger charge is -2.12. The van der Waals surface area contributed by atoms with Gasteiger partial charge in [0, 0.05) is 23.0 Å². The second-order valence-corrected chi connectivity index (χ2v) is 6.95. The maximum absolute atomic E-state index is 12.5. The molecule has 4 aromatic rings. The topological polar surface area (TPSA) is 132 Å². The Labute approximate surface area is 189 Å². The zero-order valence-corrected chi connectivity index (χ0v) is 17.4. The summed E-state index contributed by atoms with van der Waals surface area (Å²) in [7, 11) is 0. The molecule has 9 nitrogen and oxygen atoms in total. The number of hydrogen-bond donors (Lipinski definition) is 3. The van der Waals surface area contributed by atoms with E-state index in [-0.39, 0.29) is 12.2 Å². The van der Waals surface area contributed by atoms with Crippen LogP contribution in [-0.4, -0.2) is 27.2 Å². The van der Waals surface area contributed by atoms with Crippen molar-refractivity contribution < 1.29 is 14.3 Å². The number of nitrogens with one attached hydrogen (secondary N) is 2. The van der Waals surface area contributed by atoms with Crippen molar-refractivity contribution in [1.82, 2.24) is 15.2 Å². The van der Waals surface area contributed by atoms with Crippen LogP contribution in [0.2, 0.25) is 0 Å². The number of urea groups is 1. The van der Waals surface area contributed by atoms with Crippen LogP contribution >= 0.6 is 0 Å². The van der Waals surface area contributed by atoms with Gasteiger partial charge in [0.15, 0.2) is 5.82 Å². The van der Waals surface area contributed by atoms with E-state index < -0.39 is 12.0 Å². The van der Waals surface area contributed by atoms with Crippen LogP contribution in [0.3, 0.4) is 0 Å². The molecule has 9 heteroatoms. The van der Waals surface area contributed by atoms with Gasteiger partial charge in [-0.2, -0.15) is 0 Å². The fourth-order valence-corrected chi connectivity index (χ4v) is 2.95. The van der Waals surface area contributed by atoms with Crippen LogP contribution < -0.4 is 16.4 Å². The van der Waals surface area contributed by atoms with E-state index in [4.69, 9.17) is 10.5 Å². The molecular weight excluding hydrogens is 420 g/mol. The molecule has 0 fully saturated rings. The normalized spacial score (nSPS) is 10.3. The summed E-state index contributed by atoms with van der Waals surface area (Å²) in [5.41, 5.74) is 8.55. The second-order valence-electron chi connectivity index (χ2n) is 6.95. The Morgan fingerprint density at radius 2 is 1.64 bits per heavy atom. The Morgan fingerprint density at radius 3 is 2.36 bits per heavy atom. The van der Waals surface area contributed by atoms with Gasteiger partial charge in [0.2, 0.25) is 0 Å². The fraction of sp³-hybridized carbons (Fsp3) is 0.0417. The van der Waals surface area contributed by atoms with Crippen molar-refractivity contribution >= 4 is 29.3 Å². The number of carbonyl (C=O) groups excluding carboxylic acids is 2. The largest absolute Gasteiger partial charge is 0.457 e. The molecule has 0 bridgehead atoms. The van der Waals surface area contributed by atoms with E-state index in [1.54, 1.807) is 36.4 Å². The molecule has 0 radical (unpaired) electrons. The van der Waals surface area contributed by atoms with Crippen LogP contribution in [0, 0.1) is 0 Å². The van der Waals surface area contributed by atoms with Crippen molar-refractivity contribution in [3.05, 3.63) is 96.2 Å². The van der Waals surface area contributed by atoms with Gasteiger partial charge >= 0.3 is 12.0 Å². The maximum Gasteiger partial charge on any atom is 0.340 e. The van der Waals surface area contributed by atoms with E-state index in [1.165, 1.54) is 18.3 Å². The molecule has 164 valence electrons. The fourth-order valence-electron chi connectivity index (χ4n) is 2.95. The quantitative estimate of drug-likeness (QED) is 0.384. The van der Waals surface area contributed by atoms with Crippen LogP contribution in [-0.2, 0) is 11.3 Å². The molecule has 0 unspecified atom stereocenters. The molecule has 2 heterocycles. The lowest BCUT2D eigenvalue weighted by atomic mass is 10.1. The summed E-state index contributed by atoms with van der Waals surface area (Å²) in [6.07, 6.45) is 1.35. The van der Waals surface area contributed by atoms with Gasteiger partial charge < -0.3 is 15.8 Å². The number of amides is 2. The number of nitrogen functional groups attached to an aromatic ring is 1. The molecule has 33 heavy (non-hydrogen) atoms. The van der Waals surface area contributed by atoms with Gasteiger partial charge in [-0.05, 0) is 30.3 Å². The smallest absolute Gasteiger partial charge is 0.340 e. The number of aromatic nitrogens is 3. The lowest BCUT2D eigenvalue weighted by molar-refractivity contribution is 0.0473. The number of ether oxygens (including phenoxy) is 1. The molecule has 0 saturated carbocycles. The Kier molecular flexibility index (Phi) is 6.51. The summed E-state index contributed by atoms with van der Waals surface area (Å²) < 4.78 is 5.34. The summed E-state index contributed by atoms with van der Waals surface area (Å²) in [6, 6.07) is 22.6. The molecule has 0 atom stereocenters. The minimum Gasteiger partial charge on any atom is -0.457 e. The predicted molar refractivity (Wildman–Crippen MR) is 124 cm³/mol. The first-order chi connectivity index (χ1) is 16.1. The van der Waals surface area contributed by atoms with Crippen molar-refractivity contribution in [3.63, 3.8) is 0 Å². The average Bonchev–Trinajstić information content (AvgIpc) is 2.85. The highest BCUT2D eigenvalue weighted by Crippen LogP contribution is 2.19. The second kappa shape index (κ2) is 10.0. The third-order valence-corrected chi connectivity index (χ3v) is 4.62. The monoisotopic (exact) mass is 440 g/mol. The highest BCUT2D eigenvalue weighted by Gasteiger charge is 2.12. The number of nitrogens with two attached hydrogens (primary N) is 1. The summed E-state index contributed by atoms with van der Waals surface area (Å²) in [4.78, 5) is 28.6. The number of anilines is 3. The number of esters is 1. The van der Waals surface area contributed by atoms with Crippen LogP contribution in [0.1, 0.15) is 15.9 Å². The Bertz CT molecular complexity index is 1250. The molecule has 0 aliphatic rings. The minimum atomic E-state index is -0.546. The SMILES string of the molecule is Nc1ccc(C(=O)OCc2ccccc2NC(=O)Nc2ccc(-c3ccccc3)nn2)cn1. The minimum absolute atomic E-state index is 0.0365. The van der Waals surface area contributed by atoms with Gasteiger partial charge in [-0.1, -0.05) is 48.5 Å². The van der Waals surface area contributed by atoms with Crippen LogP contribution in [0.25, 0.3) is 11.3 Å².